The minimum atomic E-state index is 0.991. The highest BCUT2D eigenvalue weighted by Gasteiger charge is 1.98. The summed E-state index contributed by atoms with van der Waals surface area (Å²) in [4.78, 5) is 6.20. The van der Waals surface area contributed by atoms with Gasteiger partial charge in [0.1, 0.15) is 5.82 Å². The van der Waals surface area contributed by atoms with Gasteiger partial charge in [0.05, 0.1) is 0 Å². The van der Waals surface area contributed by atoms with E-state index in [-0.39, 0.29) is 0 Å². The quantitative estimate of drug-likeness (QED) is 0.713. The van der Waals surface area contributed by atoms with Gasteiger partial charge in [-0.1, -0.05) is 0 Å². The highest BCUT2D eigenvalue weighted by molar-refractivity contribution is 9.10. The number of rotatable bonds is 1. The van der Waals surface area contributed by atoms with Gasteiger partial charge < -0.3 is 4.90 Å². The molecule has 11 heavy (non-hydrogen) atoms. The Morgan fingerprint density at radius 1 is 1.45 bits per heavy atom. The van der Waals surface area contributed by atoms with Crippen LogP contribution in [0.25, 0.3) is 0 Å². The van der Waals surface area contributed by atoms with Gasteiger partial charge in [-0.2, -0.15) is 0 Å². The molecule has 0 N–H and O–H groups in total. The predicted molar refractivity (Wildman–Crippen MR) is 51.0 cm³/mol. The molecule has 0 aliphatic rings. The molecule has 2 nitrogen and oxygen atoms in total. The molecule has 0 spiro atoms. The van der Waals surface area contributed by atoms with Crippen molar-refractivity contribution in [2.24, 2.45) is 0 Å². The highest BCUT2D eigenvalue weighted by Crippen LogP contribution is 2.18. The van der Waals surface area contributed by atoms with E-state index in [4.69, 9.17) is 0 Å². The minimum Gasteiger partial charge on any atom is -0.363 e. The van der Waals surface area contributed by atoms with Gasteiger partial charge in [-0.15, -0.1) is 0 Å². The molecule has 60 valence electrons. The van der Waals surface area contributed by atoms with E-state index in [0.717, 1.165) is 10.3 Å². The molecule has 0 aliphatic carbocycles. The molecule has 0 saturated carbocycles. The first-order chi connectivity index (χ1) is 5.11. The maximum Gasteiger partial charge on any atom is 0.128 e. The number of aryl methyl sites for hydroxylation is 1. The van der Waals surface area contributed by atoms with Crippen molar-refractivity contribution in [1.29, 1.82) is 0 Å². The summed E-state index contributed by atoms with van der Waals surface area (Å²) in [5, 5.41) is 0. The summed E-state index contributed by atoms with van der Waals surface area (Å²) >= 11 is 3.40. The standard InChI is InChI=1S/C8H11BrN2/c1-6-4-8(11(2)3)10-5-7(6)9/h4-5H,1-3H3. The molecule has 0 aliphatic heterocycles. The first-order valence-corrected chi connectivity index (χ1v) is 4.20. The lowest BCUT2D eigenvalue weighted by atomic mass is 10.3. The fraction of sp³-hybridized carbons (Fsp3) is 0.375. The van der Waals surface area contributed by atoms with Crippen molar-refractivity contribution >= 4 is 21.7 Å². The Bertz CT molecular complexity index is 258. The molecule has 0 fully saturated rings. The van der Waals surface area contributed by atoms with Gasteiger partial charge in [0.2, 0.25) is 0 Å². The van der Waals surface area contributed by atoms with Crippen LogP contribution < -0.4 is 4.90 Å². The zero-order chi connectivity index (χ0) is 8.43. The van der Waals surface area contributed by atoms with Crippen molar-refractivity contribution in [3.8, 4) is 0 Å². The minimum absolute atomic E-state index is 0.991. The highest BCUT2D eigenvalue weighted by atomic mass is 79.9. The Balaban J connectivity index is 3.05. The van der Waals surface area contributed by atoms with Crippen molar-refractivity contribution in [3.05, 3.63) is 22.3 Å². The zero-order valence-electron chi connectivity index (χ0n) is 6.93. The van der Waals surface area contributed by atoms with Crippen molar-refractivity contribution in [1.82, 2.24) is 4.98 Å². The lowest BCUT2D eigenvalue weighted by molar-refractivity contribution is 1.06. The lowest BCUT2D eigenvalue weighted by Gasteiger charge is -2.11. The van der Waals surface area contributed by atoms with Crippen molar-refractivity contribution in [2.75, 3.05) is 19.0 Å². The van der Waals surface area contributed by atoms with E-state index in [1.54, 1.807) is 0 Å². The molecule has 0 bridgehead atoms. The molecule has 0 aromatic carbocycles. The topological polar surface area (TPSA) is 16.1 Å². The normalized spacial score (nSPS) is 9.82. The van der Waals surface area contributed by atoms with Gasteiger partial charge in [0, 0.05) is 24.8 Å². The number of anilines is 1. The molecule has 1 aromatic heterocycles. The lowest BCUT2D eigenvalue weighted by Crippen LogP contribution is -2.10. The van der Waals surface area contributed by atoms with Crippen LogP contribution in [-0.4, -0.2) is 19.1 Å². The smallest absolute Gasteiger partial charge is 0.128 e. The summed E-state index contributed by atoms with van der Waals surface area (Å²) in [6, 6.07) is 2.05. The molecule has 0 saturated heterocycles. The van der Waals surface area contributed by atoms with Crippen LogP contribution in [0, 0.1) is 6.92 Å². The summed E-state index contributed by atoms with van der Waals surface area (Å²) in [7, 11) is 3.96. The second-order valence-corrected chi connectivity index (χ2v) is 3.54. The summed E-state index contributed by atoms with van der Waals surface area (Å²) in [6.45, 7) is 2.05. The Morgan fingerprint density at radius 2 is 2.09 bits per heavy atom. The number of aromatic nitrogens is 1. The number of hydrogen-bond donors (Lipinski definition) is 0. The van der Waals surface area contributed by atoms with E-state index in [0.29, 0.717) is 0 Å². The van der Waals surface area contributed by atoms with Gasteiger partial charge in [-0.25, -0.2) is 4.98 Å². The van der Waals surface area contributed by atoms with Crippen LogP contribution in [-0.2, 0) is 0 Å². The van der Waals surface area contributed by atoms with Crippen LogP contribution in [0.5, 0.6) is 0 Å². The van der Waals surface area contributed by atoms with E-state index < -0.39 is 0 Å². The maximum absolute atomic E-state index is 4.22. The van der Waals surface area contributed by atoms with E-state index in [1.807, 2.05) is 31.3 Å². The Morgan fingerprint density at radius 3 is 2.55 bits per heavy atom. The van der Waals surface area contributed by atoms with Crippen LogP contribution in [0.2, 0.25) is 0 Å². The number of halogens is 1. The molecule has 3 heteroatoms. The first-order valence-electron chi connectivity index (χ1n) is 3.40. The third-order valence-electron chi connectivity index (χ3n) is 1.49. The maximum atomic E-state index is 4.22. The molecular weight excluding hydrogens is 204 g/mol. The Kier molecular flexibility index (Phi) is 2.49. The van der Waals surface area contributed by atoms with Crippen LogP contribution in [0.3, 0.4) is 0 Å². The number of pyridine rings is 1. The third-order valence-corrected chi connectivity index (χ3v) is 2.32. The first kappa shape index (κ1) is 8.53. The molecule has 0 radical (unpaired) electrons. The number of hydrogen-bond acceptors (Lipinski definition) is 2. The average molecular weight is 215 g/mol. The second-order valence-electron chi connectivity index (χ2n) is 2.69. The van der Waals surface area contributed by atoms with Crippen LogP contribution in [0.4, 0.5) is 5.82 Å². The molecule has 1 aromatic rings. The number of nitrogens with zero attached hydrogens (tertiary/aromatic N) is 2. The summed E-state index contributed by atoms with van der Waals surface area (Å²) < 4.78 is 1.06. The van der Waals surface area contributed by atoms with Crippen LogP contribution in [0.15, 0.2) is 16.7 Å². The van der Waals surface area contributed by atoms with E-state index in [1.165, 1.54) is 5.56 Å². The Labute approximate surface area is 75.4 Å². The van der Waals surface area contributed by atoms with Gasteiger partial charge in [0.15, 0.2) is 0 Å². The largest absolute Gasteiger partial charge is 0.363 e. The second kappa shape index (κ2) is 3.22. The molecular formula is C8H11BrN2. The summed E-state index contributed by atoms with van der Waals surface area (Å²) in [6.07, 6.45) is 1.82. The van der Waals surface area contributed by atoms with E-state index in [9.17, 15) is 0 Å². The fourth-order valence-corrected chi connectivity index (χ4v) is 0.986. The summed E-state index contributed by atoms with van der Waals surface area (Å²) in [5.74, 6) is 0.991. The van der Waals surface area contributed by atoms with Crippen LogP contribution in [0.1, 0.15) is 5.56 Å². The average Bonchev–Trinajstić information content (AvgIpc) is 1.94. The Hall–Kier alpha value is -0.570. The third kappa shape index (κ3) is 1.93. The molecule has 1 rings (SSSR count). The van der Waals surface area contributed by atoms with Crippen molar-refractivity contribution < 1.29 is 0 Å². The van der Waals surface area contributed by atoms with Gasteiger partial charge in [-0.3, -0.25) is 0 Å². The van der Waals surface area contributed by atoms with Crippen LogP contribution >= 0.6 is 15.9 Å². The zero-order valence-corrected chi connectivity index (χ0v) is 8.51. The van der Waals surface area contributed by atoms with Gasteiger partial charge >= 0.3 is 0 Å². The fourth-order valence-electron chi connectivity index (χ4n) is 0.769. The molecule has 0 unspecified atom stereocenters. The molecule has 0 amide bonds. The van der Waals surface area contributed by atoms with Gasteiger partial charge in [-0.05, 0) is 34.5 Å². The monoisotopic (exact) mass is 214 g/mol. The van der Waals surface area contributed by atoms with Crippen molar-refractivity contribution in [3.63, 3.8) is 0 Å². The SMILES string of the molecule is Cc1cc(N(C)C)ncc1Br. The van der Waals surface area contributed by atoms with Crippen molar-refractivity contribution in [2.45, 2.75) is 6.92 Å². The van der Waals surface area contributed by atoms with Gasteiger partial charge in [0.25, 0.3) is 0 Å². The summed E-state index contributed by atoms with van der Waals surface area (Å²) in [5.41, 5.74) is 1.21. The molecule has 1 heterocycles. The predicted octanol–water partition coefficient (Wildman–Crippen LogP) is 2.22. The van der Waals surface area contributed by atoms with E-state index >= 15 is 0 Å². The van der Waals surface area contributed by atoms with E-state index in [2.05, 4.69) is 27.8 Å². The molecule has 0 atom stereocenters.